The number of benzene rings is 2. The zero-order valence-electron chi connectivity index (χ0n) is 16.7. The minimum absolute atomic E-state index is 0.0698. The quantitative estimate of drug-likeness (QED) is 0.526. The van der Waals surface area contributed by atoms with Crippen molar-refractivity contribution >= 4 is 6.08 Å². The molecule has 3 aromatic rings. The topological polar surface area (TPSA) is 17.8 Å². The number of allylic oxidation sites excluding steroid dienone is 1. The molecule has 0 saturated carbocycles. The molecule has 0 spiro atoms. The lowest BCUT2D eigenvalue weighted by molar-refractivity contribution is 0.373. The van der Waals surface area contributed by atoms with Crippen molar-refractivity contribution in [1.82, 2.24) is 9.55 Å². The lowest BCUT2D eigenvalue weighted by atomic mass is 9.73. The minimum atomic E-state index is 0.0698. The lowest BCUT2D eigenvalue weighted by Crippen LogP contribution is -2.25. The van der Waals surface area contributed by atoms with Crippen LogP contribution in [0.3, 0.4) is 0 Å². The molecular formula is C25H28N2. The summed E-state index contributed by atoms with van der Waals surface area (Å²) in [5, 5.41) is 0. The van der Waals surface area contributed by atoms with E-state index in [1.54, 1.807) is 0 Å². The molecule has 1 heterocycles. The smallest absolute Gasteiger partial charge is 0.145 e. The van der Waals surface area contributed by atoms with Gasteiger partial charge in [0.1, 0.15) is 5.82 Å². The highest BCUT2D eigenvalue weighted by atomic mass is 15.1. The lowest BCUT2D eigenvalue weighted by Gasteiger charge is -2.32. The van der Waals surface area contributed by atoms with Crippen molar-refractivity contribution in [2.75, 3.05) is 0 Å². The van der Waals surface area contributed by atoms with Gasteiger partial charge in [-0.25, -0.2) is 4.98 Å². The van der Waals surface area contributed by atoms with Crippen molar-refractivity contribution in [1.29, 1.82) is 0 Å². The number of hydrogen-bond donors (Lipinski definition) is 0. The fourth-order valence-electron chi connectivity index (χ4n) is 3.85. The Morgan fingerprint density at radius 3 is 2.41 bits per heavy atom. The van der Waals surface area contributed by atoms with Crippen LogP contribution in [0.4, 0.5) is 0 Å². The first-order valence-corrected chi connectivity index (χ1v) is 9.93. The molecule has 0 saturated heterocycles. The molecule has 0 N–H and O–H groups in total. The molecular weight excluding hydrogens is 328 g/mol. The minimum Gasteiger partial charge on any atom is -0.296 e. The SMILES string of the molecule is CC(C)C(C)(C)c1ccccc1-c1nc2c(n1-c1ccccc1)CCC=C2. The van der Waals surface area contributed by atoms with Crippen molar-refractivity contribution in [2.45, 2.75) is 46.0 Å². The van der Waals surface area contributed by atoms with Gasteiger partial charge in [0.15, 0.2) is 0 Å². The van der Waals surface area contributed by atoms with Crippen LogP contribution >= 0.6 is 0 Å². The van der Waals surface area contributed by atoms with Crippen LogP contribution in [0.15, 0.2) is 60.7 Å². The summed E-state index contributed by atoms with van der Waals surface area (Å²) in [6.07, 6.45) is 6.52. The second-order valence-electron chi connectivity index (χ2n) is 8.30. The van der Waals surface area contributed by atoms with E-state index in [4.69, 9.17) is 4.98 Å². The molecule has 0 aliphatic heterocycles. The average molecular weight is 357 g/mol. The van der Waals surface area contributed by atoms with Crippen LogP contribution in [0.25, 0.3) is 23.2 Å². The largest absolute Gasteiger partial charge is 0.296 e. The van der Waals surface area contributed by atoms with Gasteiger partial charge in [0.05, 0.1) is 11.4 Å². The Labute approximate surface area is 162 Å². The monoisotopic (exact) mass is 356 g/mol. The number of imidazole rings is 1. The van der Waals surface area contributed by atoms with Gasteiger partial charge in [0, 0.05) is 11.3 Å². The number of hydrogen-bond acceptors (Lipinski definition) is 1. The third-order valence-corrected chi connectivity index (χ3v) is 6.15. The van der Waals surface area contributed by atoms with Crippen LogP contribution in [0.2, 0.25) is 0 Å². The third-order valence-electron chi connectivity index (χ3n) is 6.15. The number of para-hydroxylation sites is 1. The van der Waals surface area contributed by atoms with Gasteiger partial charge in [-0.1, -0.05) is 76.2 Å². The zero-order chi connectivity index (χ0) is 19.0. The fourth-order valence-corrected chi connectivity index (χ4v) is 3.85. The van der Waals surface area contributed by atoms with Gasteiger partial charge in [-0.3, -0.25) is 4.57 Å². The van der Waals surface area contributed by atoms with Crippen LogP contribution < -0.4 is 0 Å². The molecule has 0 bridgehead atoms. The van der Waals surface area contributed by atoms with E-state index < -0.39 is 0 Å². The Morgan fingerprint density at radius 1 is 0.963 bits per heavy atom. The van der Waals surface area contributed by atoms with E-state index >= 15 is 0 Å². The third kappa shape index (κ3) is 3.03. The van der Waals surface area contributed by atoms with Gasteiger partial charge in [0.25, 0.3) is 0 Å². The number of nitrogens with zero attached hydrogens (tertiary/aromatic N) is 2. The molecule has 4 rings (SSSR count). The molecule has 0 radical (unpaired) electrons. The Bertz CT molecular complexity index is 975. The molecule has 0 amide bonds. The van der Waals surface area contributed by atoms with Crippen LogP contribution in [0.1, 0.15) is 51.1 Å². The molecule has 1 aliphatic carbocycles. The van der Waals surface area contributed by atoms with Crippen LogP contribution in [0.5, 0.6) is 0 Å². The van der Waals surface area contributed by atoms with E-state index in [2.05, 4.69) is 99.0 Å². The summed E-state index contributed by atoms with van der Waals surface area (Å²) in [6, 6.07) is 19.4. The van der Waals surface area contributed by atoms with Crippen molar-refractivity contribution < 1.29 is 0 Å². The summed E-state index contributed by atoms with van der Waals surface area (Å²) in [5.74, 6) is 1.59. The first-order chi connectivity index (χ1) is 13.0. The van der Waals surface area contributed by atoms with Gasteiger partial charge >= 0.3 is 0 Å². The average Bonchev–Trinajstić information content (AvgIpc) is 3.08. The molecule has 138 valence electrons. The summed E-state index contributed by atoms with van der Waals surface area (Å²) in [4.78, 5) is 5.11. The highest BCUT2D eigenvalue weighted by Gasteiger charge is 2.30. The Kier molecular flexibility index (Phi) is 4.51. The maximum absolute atomic E-state index is 5.11. The van der Waals surface area contributed by atoms with Crippen LogP contribution in [-0.4, -0.2) is 9.55 Å². The maximum atomic E-state index is 5.11. The first kappa shape index (κ1) is 17.8. The van der Waals surface area contributed by atoms with E-state index in [9.17, 15) is 0 Å². The van der Waals surface area contributed by atoms with Crippen molar-refractivity contribution in [2.24, 2.45) is 5.92 Å². The fraction of sp³-hybridized carbons (Fsp3) is 0.320. The van der Waals surface area contributed by atoms with E-state index in [0.29, 0.717) is 5.92 Å². The summed E-state index contributed by atoms with van der Waals surface area (Å²) in [6.45, 7) is 9.28. The normalized spacial score (nSPS) is 13.8. The molecule has 2 aromatic carbocycles. The maximum Gasteiger partial charge on any atom is 0.145 e. The summed E-state index contributed by atoms with van der Waals surface area (Å²) < 4.78 is 2.37. The van der Waals surface area contributed by atoms with E-state index in [1.165, 1.54) is 22.5 Å². The summed E-state index contributed by atoms with van der Waals surface area (Å²) >= 11 is 0. The molecule has 2 heteroatoms. The van der Waals surface area contributed by atoms with Gasteiger partial charge in [0.2, 0.25) is 0 Å². The Balaban J connectivity index is 2.00. The first-order valence-electron chi connectivity index (χ1n) is 9.93. The predicted octanol–water partition coefficient (Wildman–Crippen LogP) is 6.43. The van der Waals surface area contributed by atoms with E-state index in [0.717, 1.165) is 24.4 Å². The molecule has 27 heavy (non-hydrogen) atoms. The second-order valence-corrected chi connectivity index (χ2v) is 8.30. The Hall–Kier alpha value is -2.61. The van der Waals surface area contributed by atoms with Crippen molar-refractivity contribution in [3.05, 3.63) is 77.6 Å². The zero-order valence-corrected chi connectivity index (χ0v) is 16.7. The molecule has 1 aliphatic rings. The highest BCUT2D eigenvalue weighted by Crippen LogP contribution is 2.39. The van der Waals surface area contributed by atoms with Gasteiger partial charge in [-0.05, 0) is 47.9 Å². The molecule has 1 aromatic heterocycles. The van der Waals surface area contributed by atoms with Gasteiger partial charge in [-0.2, -0.15) is 0 Å². The number of fused-ring (bicyclic) bond motifs is 1. The molecule has 2 nitrogen and oxygen atoms in total. The summed E-state index contributed by atoms with van der Waals surface area (Å²) in [5.41, 5.74) is 6.29. The van der Waals surface area contributed by atoms with Crippen molar-refractivity contribution in [3.8, 4) is 17.1 Å². The standard InChI is InChI=1S/C25H28N2/c1-18(2)25(3,4)21-15-9-8-14-20(21)24-26-22-16-10-11-17-23(22)27(24)19-12-6-5-7-13-19/h5-10,12-16,18H,11,17H2,1-4H3. The van der Waals surface area contributed by atoms with Gasteiger partial charge < -0.3 is 0 Å². The van der Waals surface area contributed by atoms with Crippen LogP contribution in [-0.2, 0) is 11.8 Å². The molecule has 0 fully saturated rings. The number of aromatic nitrogens is 2. The van der Waals surface area contributed by atoms with Crippen LogP contribution in [0, 0.1) is 5.92 Å². The summed E-state index contributed by atoms with van der Waals surface area (Å²) in [7, 11) is 0. The van der Waals surface area contributed by atoms with Crippen molar-refractivity contribution in [3.63, 3.8) is 0 Å². The highest BCUT2D eigenvalue weighted by molar-refractivity contribution is 5.69. The van der Waals surface area contributed by atoms with E-state index in [1.807, 2.05) is 0 Å². The predicted molar refractivity (Wildman–Crippen MR) is 114 cm³/mol. The Morgan fingerprint density at radius 2 is 1.67 bits per heavy atom. The van der Waals surface area contributed by atoms with E-state index in [-0.39, 0.29) is 5.41 Å². The molecule has 0 atom stereocenters. The molecule has 0 unspecified atom stereocenters. The number of rotatable bonds is 4. The van der Waals surface area contributed by atoms with Gasteiger partial charge in [-0.15, -0.1) is 0 Å². The second kappa shape index (κ2) is 6.84.